The van der Waals surface area contributed by atoms with Crippen molar-refractivity contribution >= 4 is 11.9 Å². The number of aliphatic carboxylic acids is 1. The quantitative estimate of drug-likeness (QED) is 0.622. The Labute approximate surface area is 147 Å². The second kappa shape index (κ2) is 9.21. The molecule has 0 bridgehead atoms. The number of carboxylic acid groups (broad SMARTS) is 1. The summed E-state index contributed by atoms with van der Waals surface area (Å²) in [6.07, 6.45) is -4.28. The molecule has 4 N–H and O–H groups in total. The first kappa shape index (κ1) is 21.5. The standard InChI is InChI=1S/C13H18N4O2.C2HF3O2/c1-8-9(6-14)5-11(16-8)13(18)17-10-3-4-15-7-12(10)19-2;3-2(4,5)1(6)7/h5,10,12,15-16H,3-4,7H2,1-2H3,(H,17,18);(H,6,7)/t10?,12-;/m0./s1. The van der Waals surface area contributed by atoms with E-state index in [2.05, 4.69) is 15.6 Å². The molecule has 0 aromatic carbocycles. The van der Waals surface area contributed by atoms with E-state index in [1.165, 1.54) is 0 Å². The molecular formula is C15H19F3N4O4. The lowest BCUT2D eigenvalue weighted by Gasteiger charge is -2.31. The molecule has 1 unspecified atom stereocenters. The van der Waals surface area contributed by atoms with Crippen LogP contribution in [0.2, 0.25) is 0 Å². The van der Waals surface area contributed by atoms with Crippen LogP contribution < -0.4 is 10.6 Å². The van der Waals surface area contributed by atoms with E-state index in [9.17, 15) is 18.0 Å². The third-order valence-electron chi connectivity index (χ3n) is 3.67. The Morgan fingerprint density at radius 1 is 1.46 bits per heavy atom. The number of alkyl halides is 3. The highest BCUT2D eigenvalue weighted by atomic mass is 19.4. The molecule has 0 spiro atoms. The molecule has 1 aliphatic rings. The highest BCUT2D eigenvalue weighted by molar-refractivity contribution is 5.93. The van der Waals surface area contributed by atoms with Gasteiger partial charge in [0.1, 0.15) is 11.8 Å². The minimum atomic E-state index is -5.08. The van der Waals surface area contributed by atoms with Crippen LogP contribution in [0.5, 0.6) is 0 Å². The van der Waals surface area contributed by atoms with Crippen LogP contribution in [-0.2, 0) is 9.53 Å². The zero-order valence-electron chi connectivity index (χ0n) is 14.1. The highest BCUT2D eigenvalue weighted by Gasteiger charge is 2.38. The molecule has 8 nitrogen and oxygen atoms in total. The number of piperidine rings is 1. The van der Waals surface area contributed by atoms with Gasteiger partial charge in [-0.1, -0.05) is 0 Å². The summed E-state index contributed by atoms with van der Waals surface area (Å²) in [7, 11) is 1.64. The zero-order valence-corrected chi connectivity index (χ0v) is 14.1. The molecule has 1 saturated heterocycles. The van der Waals surface area contributed by atoms with Gasteiger partial charge in [-0.25, -0.2) is 4.79 Å². The van der Waals surface area contributed by atoms with Crippen molar-refractivity contribution in [1.29, 1.82) is 5.26 Å². The fraction of sp³-hybridized carbons (Fsp3) is 0.533. The molecule has 0 radical (unpaired) electrons. The maximum Gasteiger partial charge on any atom is 0.490 e. The van der Waals surface area contributed by atoms with E-state index >= 15 is 0 Å². The number of nitrogens with one attached hydrogen (secondary N) is 3. The van der Waals surface area contributed by atoms with E-state index in [4.69, 9.17) is 19.9 Å². The Balaban J connectivity index is 0.000000412. The van der Waals surface area contributed by atoms with E-state index in [0.29, 0.717) is 17.0 Å². The third kappa shape index (κ3) is 6.05. The molecule has 2 atom stereocenters. The molecule has 1 amide bonds. The topological polar surface area (TPSA) is 127 Å². The first-order chi connectivity index (χ1) is 12.1. The molecule has 1 aliphatic heterocycles. The van der Waals surface area contributed by atoms with Crippen molar-refractivity contribution in [2.45, 2.75) is 31.7 Å². The number of rotatable bonds is 3. The van der Waals surface area contributed by atoms with Crippen LogP contribution in [0.3, 0.4) is 0 Å². The van der Waals surface area contributed by atoms with E-state index in [-0.39, 0.29) is 18.1 Å². The zero-order chi connectivity index (χ0) is 19.9. The van der Waals surface area contributed by atoms with Crippen LogP contribution >= 0.6 is 0 Å². The van der Waals surface area contributed by atoms with Gasteiger partial charge >= 0.3 is 12.1 Å². The molecule has 11 heteroatoms. The van der Waals surface area contributed by atoms with Crippen molar-refractivity contribution in [3.63, 3.8) is 0 Å². The number of hydrogen-bond donors (Lipinski definition) is 4. The number of carbonyl (C=O) groups is 2. The SMILES string of the molecule is CO[C@H]1CNCCC1NC(=O)c1cc(C#N)c(C)[nH]1.O=C(O)C(F)(F)F. The number of nitrogens with zero attached hydrogens (tertiary/aromatic N) is 1. The Hall–Kier alpha value is -2.58. The summed E-state index contributed by atoms with van der Waals surface area (Å²) < 4.78 is 37.1. The van der Waals surface area contributed by atoms with Crippen LogP contribution in [0.1, 0.15) is 28.2 Å². The molecule has 0 saturated carbocycles. The van der Waals surface area contributed by atoms with Gasteiger partial charge in [0.25, 0.3) is 5.91 Å². The Kier molecular flexibility index (Phi) is 7.60. The molecule has 1 aromatic rings. The monoisotopic (exact) mass is 376 g/mol. The Bertz CT molecular complexity index is 681. The molecule has 144 valence electrons. The van der Waals surface area contributed by atoms with Crippen LogP contribution in [0.15, 0.2) is 6.07 Å². The first-order valence-corrected chi connectivity index (χ1v) is 7.54. The van der Waals surface area contributed by atoms with Crippen molar-refractivity contribution in [1.82, 2.24) is 15.6 Å². The van der Waals surface area contributed by atoms with Gasteiger partial charge in [0.2, 0.25) is 0 Å². The number of aryl methyl sites for hydroxylation is 1. The number of H-pyrrole nitrogens is 1. The molecule has 1 fully saturated rings. The number of aromatic nitrogens is 1. The van der Waals surface area contributed by atoms with Gasteiger partial charge < -0.3 is 25.5 Å². The van der Waals surface area contributed by atoms with Gasteiger partial charge in [0.05, 0.1) is 17.7 Å². The van der Waals surface area contributed by atoms with Gasteiger partial charge in [-0.05, 0) is 26.0 Å². The highest BCUT2D eigenvalue weighted by Crippen LogP contribution is 2.13. The Morgan fingerprint density at radius 2 is 2.08 bits per heavy atom. The molecule has 0 aliphatic carbocycles. The predicted octanol–water partition coefficient (Wildman–Crippen LogP) is 0.935. The fourth-order valence-corrected chi connectivity index (χ4v) is 2.29. The van der Waals surface area contributed by atoms with Crippen LogP contribution in [-0.4, -0.2) is 60.5 Å². The van der Waals surface area contributed by atoms with Gasteiger partial charge in [-0.15, -0.1) is 0 Å². The van der Waals surface area contributed by atoms with Crippen molar-refractivity contribution in [3.8, 4) is 6.07 Å². The molecule has 1 aromatic heterocycles. The second-order valence-electron chi connectivity index (χ2n) is 5.48. The number of carboxylic acids is 1. The summed E-state index contributed by atoms with van der Waals surface area (Å²) in [5, 5.41) is 22.2. The van der Waals surface area contributed by atoms with E-state index in [1.807, 2.05) is 6.07 Å². The molecular weight excluding hydrogens is 357 g/mol. The maximum absolute atomic E-state index is 12.1. The van der Waals surface area contributed by atoms with E-state index in [1.54, 1.807) is 20.1 Å². The number of aromatic amines is 1. The average Bonchev–Trinajstić information content (AvgIpc) is 2.96. The lowest BCUT2D eigenvalue weighted by molar-refractivity contribution is -0.192. The van der Waals surface area contributed by atoms with Gasteiger partial charge in [-0.3, -0.25) is 4.79 Å². The summed E-state index contributed by atoms with van der Waals surface area (Å²) in [6.45, 7) is 3.37. The van der Waals surface area contributed by atoms with Crippen molar-refractivity contribution in [2.24, 2.45) is 0 Å². The summed E-state index contributed by atoms with van der Waals surface area (Å²) in [5.41, 5.74) is 1.63. The lowest BCUT2D eigenvalue weighted by Crippen LogP contribution is -2.53. The molecule has 26 heavy (non-hydrogen) atoms. The minimum Gasteiger partial charge on any atom is -0.475 e. The van der Waals surface area contributed by atoms with Crippen LogP contribution in [0, 0.1) is 18.3 Å². The van der Waals surface area contributed by atoms with Gasteiger partial charge in [0, 0.05) is 19.3 Å². The van der Waals surface area contributed by atoms with Gasteiger partial charge in [-0.2, -0.15) is 18.4 Å². The number of hydrogen-bond acceptors (Lipinski definition) is 5. The summed E-state index contributed by atoms with van der Waals surface area (Å²) in [4.78, 5) is 24.0. The average molecular weight is 376 g/mol. The third-order valence-corrected chi connectivity index (χ3v) is 3.67. The smallest absolute Gasteiger partial charge is 0.475 e. The first-order valence-electron chi connectivity index (χ1n) is 7.54. The fourth-order valence-electron chi connectivity index (χ4n) is 2.29. The van der Waals surface area contributed by atoms with Crippen molar-refractivity contribution in [2.75, 3.05) is 20.2 Å². The predicted molar refractivity (Wildman–Crippen MR) is 83.5 cm³/mol. The molecule has 2 heterocycles. The maximum atomic E-state index is 12.1. The normalized spacial score (nSPS) is 19.7. The largest absolute Gasteiger partial charge is 0.490 e. The summed E-state index contributed by atoms with van der Waals surface area (Å²) >= 11 is 0. The number of ether oxygens (including phenoxy) is 1. The van der Waals surface area contributed by atoms with E-state index < -0.39 is 12.1 Å². The van der Waals surface area contributed by atoms with Crippen LogP contribution in [0.4, 0.5) is 13.2 Å². The second-order valence-corrected chi connectivity index (χ2v) is 5.48. The Morgan fingerprint density at radius 3 is 2.54 bits per heavy atom. The van der Waals surface area contributed by atoms with Crippen molar-refractivity contribution < 1.29 is 32.6 Å². The summed E-state index contributed by atoms with van der Waals surface area (Å²) in [5.74, 6) is -2.95. The summed E-state index contributed by atoms with van der Waals surface area (Å²) in [6, 6.07) is 3.62. The number of carbonyl (C=O) groups excluding carboxylic acids is 1. The van der Waals surface area contributed by atoms with Crippen LogP contribution in [0.25, 0.3) is 0 Å². The van der Waals surface area contributed by atoms with Crippen molar-refractivity contribution in [3.05, 3.63) is 23.0 Å². The van der Waals surface area contributed by atoms with Gasteiger partial charge in [0.15, 0.2) is 0 Å². The number of nitriles is 1. The number of methoxy groups -OCH3 is 1. The molecule has 2 rings (SSSR count). The number of amides is 1. The minimum absolute atomic E-state index is 0.00658. The number of halogens is 3. The lowest BCUT2D eigenvalue weighted by atomic mass is 10.0. The van der Waals surface area contributed by atoms with E-state index in [0.717, 1.165) is 19.5 Å².